The topological polar surface area (TPSA) is 104 Å². The molecule has 0 radical (unpaired) electrons. The van der Waals surface area contributed by atoms with Crippen LogP contribution in [0.25, 0.3) is 11.4 Å². The van der Waals surface area contributed by atoms with Crippen LogP contribution in [-0.2, 0) is 27.4 Å². The maximum Gasteiger partial charge on any atom is 0.328 e. The van der Waals surface area contributed by atoms with Crippen molar-refractivity contribution in [3.63, 3.8) is 0 Å². The molecule has 0 aliphatic rings. The summed E-state index contributed by atoms with van der Waals surface area (Å²) in [7, 11) is 0. The highest BCUT2D eigenvalue weighted by Crippen LogP contribution is 2.17. The van der Waals surface area contributed by atoms with Crippen molar-refractivity contribution in [2.75, 3.05) is 6.61 Å². The van der Waals surface area contributed by atoms with E-state index in [0.717, 1.165) is 12.0 Å². The minimum absolute atomic E-state index is 0.170. The number of amides is 1. The molecule has 156 valence electrons. The van der Waals surface area contributed by atoms with Crippen molar-refractivity contribution in [3.8, 4) is 17.1 Å². The maximum atomic E-state index is 12.1. The molecule has 1 N–H and O–H groups in total. The van der Waals surface area contributed by atoms with Gasteiger partial charge in [0.25, 0.3) is 11.8 Å². The van der Waals surface area contributed by atoms with Crippen molar-refractivity contribution in [3.05, 3.63) is 66.1 Å². The van der Waals surface area contributed by atoms with E-state index < -0.39 is 17.9 Å². The number of para-hydroxylation sites is 1. The Kier molecular flexibility index (Phi) is 7.15. The normalized spacial score (nSPS) is 11.5. The Hall–Kier alpha value is -3.68. The molecule has 0 unspecified atom stereocenters. The Morgan fingerprint density at radius 1 is 1.10 bits per heavy atom. The highest BCUT2D eigenvalue weighted by Gasteiger charge is 2.19. The standard InChI is InChI=1S/C22H23N3O5/c1-3-16-9-11-17(12-10-16)21-24-20(30-25-21)14-29-22(27)15(2)23-19(26)13-28-18-7-5-4-6-8-18/h4-12,15H,3,13-14H2,1-2H3,(H,23,26)/t15-/m0/s1. The predicted molar refractivity (Wildman–Crippen MR) is 108 cm³/mol. The summed E-state index contributed by atoms with van der Waals surface area (Å²) in [6, 6.07) is 15.9. The van der Waals surface area contributed by atoms with E-state index in [2.05, 4.69) is 22.4 Å². The van der Waals surface area contributed by atoms with Gasteiger partial charge < -0.3 is 19.3 Å². The fourth-order valence-electron chi connectivity index (χ4n) is 2.59. The number of aryl methyl sites for hydroxylation is 1. The molecule has 0 saturated carbocycles. The average molecular weight is 409 g/mol. The van der Waals surface area contributed by atoms with Crippen LogP contribution >= 0.6 is 0 Å². The van der Waals surface area contributed by atoms with Crippen LogP contribution in [0.1, 0.15) is 25.3 Å². The lowest BCUT2D eigenvalue weighted by Crippen LogP contribution is -2.41. The fraction of sp³-hybridized carbons (Fsp3) is 0.273. The van der Waals surface area contributed by atoms with Crippen molar-refractivity contribution < 1.29 is 23.6 Å². The van der Waals surface area contributed by atoms with Gasteiger partial charge >= 0.3 is 5.97 Å². The van der Waals surface area contributed by atoms with Gasteiger partial charge in [0.05, 0.1) is 0 Å². The van der Waals surface area contributed by atoms with Crippen LogP contribution in [0.3, 0.4) is 0 Å². The summed E-state index contributed by atoms with van der Waals surface area (Å²) in [5.74, 6) is 0.111. The van der Waals surface area contributed by atoms with Crippen molar-refractivity contribution in [1.82, 2.24) is 15.5 Å². The Bertz CT molecular complexity index is 970. The average Bonchev–Trinajstić information content (AvgIpc) is 3.26. The SMILES string of the molecule is CCc1ccc(-c2noc(COC(=O)[C@H](C)NC(=O)COc3ccccc3)n2)cc1. The molecule has 1 amide bonds. The molecule has 0 bridgehead atoms. The van der Waals surface area contributed by atoms with Gasteiger partial charge in [-0.25, -0.2) is 4.79 Å². The number of aromatic nitrogens is 2. The third-order valence-electron chi connectivity index (χ3n) is 4.27. The van der Waals surface area contributed by atoms with E-state index in [4.69, 9.17) is 14.0 Å². The number of hydrogen-bond acceptors (Lipinski definition) is 7. The number of hydrogen-bond donors (Lipinski definition) is 1. The molecular formula is C22H23N3O5. The van der Waals surface area contributed by atoms with E-state index in [9.17, 15) is 9.59 Å². The van der Waals surface area contributed by atoms with Crippen molar-refractivity contribution in [2.45, 2.75) is 32.9 Å². The van der Waals surface area contributed by atoms with Gasteiger partial charge in [-0.3, -0.25) is 4.79 Å². The first-order valence-corrected chi connectivity index (χ1v) is 9.61. The Balaban J connectivity index is 1.44. The monoisotopic (exact) mass is 409 g/mol. The van der Waals surface area contributed by atoms with Crippen LogP contribution < -0.4 is 10.1 Å². The van der Waals surface area contributed by atoms with Crippen LogP contribution in [0.2, 0.25) is 0 Å². The second-order valence-electron chi connectivity index (χ2n) is 6.56. The van der Waals surface area contributed by atoms with E-state index in [1.165, 1.54) is 12.5 Å². The van der Waals surface area contributed by atoms with Gasteiger partial charge in [-0.2, -0.15) is 4.98 Å². The lowest BCUT2D eigenvalue weighted by atomic mass is 10.1. The molecule has 0 aliphatic carbocycles. The number of carbonyl (C=O) groups excluding carboxylic acids is 2. The number of nitrogens with one attached hydrogen (secondary N) is 1. The van der Waals surface area contributed by atoms with Crippen LogP contribution in [0.4, 0.5) is 0 Å². The summed E-state index contributed by atoms with van der Waals surface area (Å²) in [6.45, 7) is 3.22. The number of nitrogens with zero attached hydrogens (tertiary/aromatic N) is 2. The summed E-state index contributed by atoms with van der Waals surface area (Å²) in [5, 5.41) is 6.43. The Labute approximate surface area is 174 Å². The largest absolute Gasteiger partial charge is 0.484 e. The number of carbonyl (C=O) groups is 2. The molecule has 0 aliphatic heterocycles. The number of ether oxygens (including phenoxy) is 2. The van der Waals surface area contributed by atoms with Crippen molar-refractivity contribution >= 4 is 11.9 Å². The minimum atomic E-state index is -0.846. The van der Waals surface area contributed by atoms with Gasteiger partial charge in [0.15, 0.2) is 13.2 Å². The molecule has 30 heavy (non-hydrogen) atoms. The highest BCUT2D eigenvalue weighted by molar-refractivity contribution is 5.84. The Morgan fingerprint density at radius 3 is 2.53 bits per heavy atom. The van der Waals surface area contributed by atoms with Crippen molar-refractivity contribution in [1.29, 1.82) is 0 Å². The van der Waals surface area contributed by atoms with E-state index in [0.29, 0.717) is 11.6 Å². The van der Waals surface area contributed by atoms with Gasteiger partial charge in [-0.15, -0.1) is 0 Å². The first-order chi connectivity index (χ1) is 14.5. The van der Waals surface area contributed by atoms with Gasteiger partial charge in [0.1, 0.15) is 11.8 Å². The molecule has 1 atom stereocenters. The van der Waals surface area contributed by atoms with Gasteiger partial charge in [0.2, 0.25) is 5.82 Å². The van der Waals surface area contributed by atoms with E-state index in [1.807, 2.05) is 30.3 Å². The van der Waals surface area contributed by atoms with Crippen LogP contribution in [-0.4, -0.2) is 34.7 Å². The van der Waals surface area contributed by atoms with E-state index >= 15 is 0 Å². The van der Waals surface area contributed by atoms with Crippen LogP contribution in [0, 0.1) is 0 Å². The number of rotatable bonds is 9. The van der Waals surface area contributed by atoms with Crippen molar-refractivity contribution in [2.24, 2.45) is 0 Å². The summed E-state index contributed by atoms with van der Waals surface area (Å²) in [5.41, 5.74) is 2.02. The molecule has 8 nitrogen and oxygen atoms in total. The number of esters is 1. The Morgan fingerprint density at radius 2 is 1.83 bits per heavy atom. The van der Waals surface area contributed by atoms with Gasteiger partial charge in [-0.05, 0) is 31.0 Å². The zero-order valence-electron chi connectivity index (χ0n) is 16.8. The molecule has 0 saturated heterocycles. The van der Waals surface area contributed by atoms with Gasteiger partial charge in [-0.1, -0.05) is 54.5 Å². The first-order valence-electron chi connectivity index (χ1n) is 9.61. The molecule has 2 aromatic carbocycles. The highest BCUT2D eigenvalue weighted by atomic mass is 16.6. The molecule has 8 heteroatoms. The minimum Gasteiger partial charge on any atom is -0.484 e. The summed E-state index contributed by atoms with van der Waals surface area (Å²) < 4.78 is 15.6. The predicted octanol–water partition coefficient (Wildman–Crippen LogP) is 2.93. The molecule has 3 aromatic rings. The fourth-order valence-corrected chi connectivity index (χ4v) is 2.59. The molecule has 1 heterocycles. The quantitative estimate of drug-likeness (QED) is 0.542. The molecule has 0 fully saturated rings. The third-order valence-corrected chi connectivity index (χ3v) is 4.27. The summed E-state index contributed by atoms with van der Waals surface area (Å²) in [4.78, 5) is 28.3. The first kappa shape index (κ1) is 21.0. The molecular weight excluding hydrogens is 386 g/mol. The lowest BCUT2D eigenvalue weighted by Gasteiger charge is -2.13. The molecule has 1 aromatic heterocycles. The van der Waals surface area contributed by atoms with Gasteiger partial charge in [0, 0.05) is 5.56 Å². The zero-order chi connectivity index (χ0) is 21.3. The molecule has 0 spiro atoms. The van der Waals surface area contributed by atoms with Crippen LogP contribution in [0.15, 0.2) is 59.1 Å². The van der Waals surface area contributed by atoms with E-state index in [-0.39, 0.29) is 19.1 Å². The summed E-state index contributed by atoms with van der Waals surface area (Å²) >= 11 is 0. The second kappa shape index (κ2) is 10.2. The molecule has 3 rings (SSSR count). The maximum absolute atomic E-state index is 12.1. The summed E-state index contributed by atoms with van der Waals surface area (Å²) in [6.07, 6.45) is 0.945. The second-order valence-corrected chi connectivity index (χ2v) is 6.56. The zero-order valence-corrected chi connectivity index (χ0v) is 16.8. The van der Waals surface area contributed by atoms with E-state index in [1.54, 1.807) is 24.3 Å². The smallest absolute Gasteiger partial charge is 0.328 e. The lowest BCUT2D eigenvalue weighted by molar-refractivity contribution is -0.149. The number of benzene rings is 2. The van der Waals surface area contributed by atoms with Crippen LogP contribution in [0.5, 0.6) is 5.75 Å². The third kappa shape index (κ3) is 5.91.